The minimum atomic E-state index is -0.779. The molecule has 6 nitrogen and oxygen atoms in total. The zero-order valence-corrected chi connectivity index (χ0v) is 53.8. The van der Waals surface area contributed by atoms with Crippen LogP contribution >= 0.6 is 0 Å². The molecule has 6 heteroatoms. The summed E-state index contributed by atoms with van der Waals surface area (Å²) in [5.74, 6) is -0.874. The number of esters is 3. The minimum absolute atomic E-state index is 0.0762. The van der Waals surface area contributed by atoms with E-state index in [4.69, 9.17) is 14.2 Å². The average Bonchev–Trinajstić information content (AvgIpc) is 3.47. The highest BCUT2D eigenvalue weighted by Gasteiger charge is 2.19. The molecule has 81 heavy (non-hydrogen) atoms. The van der Waals surface area contributed by atoms with Crippen LogP contribution in [0.3, 0.4) is 0 Å². The summed E-state index contributed by atoms with van der Waals surface area (Å²) in [6.07, 6.45) is 92.0. The molecule has 1 atom stereocenters. The summed E-state index contributed by atoms with van der Waals surface area (Å²) in [4.78, 5) is 38.3. The van der Waals surface area contributed by atoms with E-state index in [9.17, 15) is 14.4 Å². The molecule has 0 radical (unpaired) electrons. The van der Waals surface area contributed by atoms with Crippen LogP contribution in [0.1, 0.15) is 355 Å². The Balaban J connectivity index is 4.07. The lowest BCUT2D eigenvalue weighted by Crippen LogP contribution is -2.30. The van der Waals surface area contributed by atoms with Crippen molar-refractivity contribution in [3.05, 3.63) is 85.1 Å². The van der Waals surface area contributed by atoms with Crippen LogP contribution in [0.15, 0.2) is 85.1 Å². The van der Waals surface area contributed by atoms with Gasteiger partial charge in [0.15, 0.2) is 6.10 Å². The zero-order chi connectivity index (χ0) is 58.5. The minimum Gasteiger partial charge on any atom is -0.462 e. The number of unbranched alkanes of at least 4 members (excludes halogenated alkanes) is 39. The van der Waals surface area contributed by atoms with Gasteiger partial charge < -0.3 is 14.2 Å². The molecule has 0 aliphatic rings. The molecule has 0 fully saturated rings. The number of rotatable bonds is 64. The van der Waals surface area contributed by atoms with E-state index in [-0.39, 0.29) is 31.1 Å². The highest BCUT2D eigenvalue weighted by atomic mass is 16.6. The topological polar surface area (TPSA) is 78.9 Å². The van der Waals surface area contributed by atoms with Crippen LogP contribution in [0, 0.1) is 0 Å². The van der Waals surface area contributed by atoms with Gasteiger partial charge in [-0.15, -0.1) is 0 Å². The maximum absolute atomic E-state index is 12.9. The second kappa shape index (κ2) is 69.1. The molecule has 0 rings (SSSR count). The number of carbonyl (C=O) groups excluding carboxylic acids is 3. The predicted molar refractivity (Wildman–Crippen MR) is 353 cm³/mol. The van der Waals surface area contributed by atoms with E-state index in [0.29, 0.717) is 19.3 Å². The number of carbonyl (C=O) groups is 3. The van der Waals surface area contributed by atoms with Crippen LogP contribution in [0.2, 0.25) is 0 Å². The Morgan fingerprint density at radius 2 is 0.506 bits per heavy atom. The lowest BCUT2D eigenvalue weighted by atomic mass is 10.0. The van der Waals surface area contributed by atoms with Gasteiger partial charge in [0.05, 0.1) is 0 Å². The van der Waals surface area contributed by atoms with Crippen LogP contribution in [-0.4, -0.2) is 37.2 Å². The number of hydrogen-bond donors (Lipinski definition) is 0. The predicted octanol–water partition coefficient (Wildman–Crippen LogP) is 24.2. The third-order valence-corrected chi connectivity index (χ3v) is 15.3. The van der Waals surface area contributed by atoms with Crippen molar-refractivity contribution in [2.45, 2.75) is 361 Å². The molecular formula is C75H132O6. The Morgan fingerprint density at radius 1 is 0.259 bits per heavy atom. The van der Waals surface area contributed by atoms with Gasteiger partial charge in [-0.2, -0.15) is 0 Å². The summed E-state index contributed by atoms with van der Waals surface area (Å²) in [6, 6.07) is 0. The summed E-state index contributed by atoms with van der Waals surface area (Å²) in [5, 5.41) is 0. The van der Waals surface area contributed by atoms with Gasteiger partial charge in [-0.1, -0.05) is 311 Å². The Hall–Kier alpha value is -3.41. The van der Waals surface area contributed by atoms with Gasteiger partial charge in [0.2, 0.25) is 0 Å². The number of hydrogen-bond acceptors (Lipinski definition) is 6. The highest BCUT2D eigenvalue weighted by Crippen LogP contribution is 2.18. The lowest BCUT2D eigenvalue weighted by molar-refractivity contribution is -0.167. The molecule has 468 valence electrons. The van der Waals surface area contributed by atoms with Crippen molar-refractivity contribution in [2.24, 2.45) is 0 Å². The van der Waals surface area contributed by atoms with Gasteiger partial charge >= 0.3 is 17.9 Å². The Bertz CT molecular complexity index is 1530. The molecule has 0 aromatic rings. The van der Waals surface area contributed by atoms with Gasteiger partial charge in [0.25, 0.3) is 0 Å². The first-order chi connectivity index (χ1) is 40.0. The van der Waals surface area contributed by atoms with Crippen molar-refractivity contribution in [2.75, 3.05) is 13.2 Å². The molecule has 0 aromatic carbocycles. The summed E-state index contributed by atoms with van der Waals surface area (Å²) in [7, 11) is 0. The molecule has 0 aliphatic carbocycles. The molecule has 0 aromatic heterocycles. The molecule has 0 N–H and O–H groups in total. The van der Waals surface area contributed by atoms with Crippen molar-refractivity contribution in [3.8, 4) is 0 Å². The van der Waals surface area contributed by atoms with Crippen molar-refractivity contribution < 1.29 is 28.6 Å². The van der Waals surface area contributed by atoms with Gasteiger partial charge in [0.1, 0.15) is 13.2 Å². The van der Waals surface area contributed by atoms with E-state index in [0.717, 1.165) is 103 Å². The average molecular weight is 1130 g/mol. The van der Waals surface area contributed by atoms with Crippen molar-refractivity contribution in [3.63, 3.8) is 0 Å². The molecular weight excluding hydrogens is 997 g/mol. The highest BCUT2D eigenvalue weighted by molar-refractivity contribution is 5.71. The van der Waals surface area contributed by atoms with E-state index in [1.807, 2.05) is 0 Å². The fourth-order valence-electron chi connectivity index (χ4n) is 10.1. The van der Waals surface area contributed by atoms with E-state index in [1.165, 1.54) is 212 Å². The number of ether oxygens (including phenoxy) is 3. The summed E-state index contributed by atoms with van der Waals surface area (Å²) < 4.78 is 16.9. The van der Waals surface area contributed by atoms with Gasteiger partial charge in [0, 0.05) is 19.3 Å². The normalized spacial score (nSPS) is 12.6. The molecule has 0 heterocycles. The van der Waals surface area contributed by atoms with Gasteiger partial charge in [-0.3, -0.25) is 14.4 Å². The zero-order valence-electron chi connectivity index (χ0n) is 53.8. The first kappa shape index (κ1) is 77.6. The van der Waals surface area contributed by atoms with E-state index >= 15 is 0 Å². The molecule has 0 amide bonds. The van der Waals surface area contributed by atoms with Crippen molar-refractivity contribution >= 4 is 17.9 Å². The third kappa shape index (κ3) is 67.3. The summed E-state index contributed by atoms with van der Waals surface area (Å²) in [6.45, 7) is 6.49. The quantitative estimate of drug-likeness (QED) is 0.0261. The fraction of sp³-hybridized carbons (Fsp3) is 0.773. The largest absolute Gasteiger partial charge is 0.462 e. The van der Waals surface area contributed by atoms with Crippen LogP contribution in [0.4, 0.5) is 0 Å². The first-order valence-corrected chi connectivity index (χ1v) is 35.1. The Labute approximate surface area is 503 Å². The van der Waals surface area contributed by atoms with Crippen LogP contribution < -0.4 is 0 Å². The third-order valence-electron chi connectivity index (χ3n) is 15.3. The molecule has 0 aliphatic heterocycles. The molecule has 0 saturated carbocycles. The van der Waals surface area contributed by atoms with Crippen molar-refractivity contribution in [1.29, 1.82) is 0 Å². The SMILES string of the molecule is CC/C=C\C/C=C\C/C=C\C/C=C\C/C=C\CCCCCCCCCCCCCCCCCCCCCC(=O)OCC(COC(=O)CCCCCCC/C=C\CCC)OC(=O)CCCCCCCCC/C=C\CCCCCCCCC. The molecule has 0 bridgehead atoms. The smallest absolute Gasteiger partial charge is 0.306 e. The van der Waals surface area contributed by atoms with Crippen LogP contribution in [0.25, 0.3) is 0 Å². The monoisotopic (exact) mass is 1130 g/mol. The maximum Gasteiger partial charge on any atom is 0.306 e. The maximum atomic E-state index is 12.9. The molecule has 0 saturated heterocycles. The van der Waals surface area contributed by atoms with Gasteiger partial charge in [-0.25, -0.2) is 0 Å². The van der Waals surface area contributed by atoms with Gasteiger partial charge in [-0.05, 0) is 109 Å². The second-order valence-corrected chi connectivity index (χ2v) is 23.4. The van der Waals surface area contributed by atoms with Crippen molar-refractivity contribution in [1.82, 2.24) is 0 Å². The summed E-state index contributed by atoms with van der Waals surface area (Å²) in [5.41, 5.74) is 0. The number of allylic oxidation sites excluding steroid dienone is 14. The van der Waals surface area contributed by atoms with E-state index in [1.54, 1.807) is 0 Å². The fourth-order valence-corrected chi connectivity index (χ4v) is 10.1. The van der Waals surface area contributed by atoms with E-state index < -0.39 is 6.10 Å². The van der Waals surface area contributed by atoms with Crippen LogP contribution in [0.5, 0.6) is 0 Å². The Kier molecular flexibility index (Phi) is 66.2. The van der Waals surface area contributed by atoms with E-state index in [2.05, 4.69) is 106 Å². The molecule has 1 unspecified atom stereocenters. The standard InChI is InChI=1S/C75H132O6/c1-4-7-10-13-16-19-22-24-26-28-30-31-32-33-34-35-36-37-38-39-40-41-42-43-44-45-46-48-49-51-53-56-59-62-65-68-74(77)80-71-72(70-79-73(76)67-64-61-58-55-21-18-15-12-9-6-3)81-75(78)69-66-63-60-57-54-52-50-47-29-27-25-23-20-17-14-11-8-5-2/h7,10,12,15-16,19,24,26-27,29-31,33-34,72H,4-6,8-9,11,13-14,17-18,20-23,25,28,32,35-71H2,1-3H3/b10-7-,15-12-,19-16-,26-24-,29-27-,31-30-,34-33-. The Morgan fingerprint density at radius 3 is 0.815 bits per heavy atom. The molecule has 0 spiro atoms. The lowest BCUT2D eigenvalue weighted by Gasteiger charge is -2.18. The van der Waals surface area contributed by atoms with Crippen LogP contribution in [-0.2, 0) is 28.6 Å². The second-order valence-electron chi connectivity index (χ2n) is 23.4. The summed E-state index contributed by atoms with van der Waals surface area (Å²) >= 11 is 0. The first-order valence-electron chi connectivity index (χ1n) is 35.1.